The van der Waals surface area contributed by atoms with E-state index in [1.54, 1.807) is 24.3 Å². The van der Waals surface area contributed by atoms with E-state index in [1.807, 2.05) is 0 Å². The zero-order valence-electron chi connectivity index (χ0n) is 13.0. The highest BCUT2D eigenvalue weighted by molar-refractivity contribution is 5.93. The molecule has 0 aliphatic heterocycles. The molecular weight excluding hydrogens is 266 g/mol. The van der Waals surface area contributed by atoms with Crippen molar-refractivity contribution >= 4 is 23.2 Å². The summed E-state index contributed by atoms with van der Waals surface area (Å²) in [6, 6.07) is 7.12. The van der Waals surface area contributed by atoms with E-state index in [0.29, 0.717) is 30.3 Å². The van der Waals surface area contributed by atoms with Crippen LogP contribution in [0.3, 0.4) is 0 Å². The van der Waals surface area contributed by atoms with Crippen molar-refractivity contribution in [3.63, 3.8) is 0 Å². The SMILES string of the molecule is CC(=O)Nc1cccc(NC(=O)CCNCCC(C)C)c1. The van der Waals surface area contributed by atoms with Gasteiger partial charge in [0.2, 0.25) is 11.8 Å². The zero-order chi connectivity index (χ0) is 15.7. The fourth-order valence-corrected chi connectivity index (χ4v) is 1.82. The minimum absolute atomic E-state index is 0.0352. The number of anilines is 2. The van der Waals surface area contributed by atoms with E-state index in [4.69, 9.17) is 0 Å². The largest absolute Gasteiger partial charge is 0.326 e. The summed E-state index contributed by atoms with van der Waals surface area (Å²) in [6.07, 6.45) is 1.54. The lowest BCUT2D eigenvalue weighted by Gasteiger charge is -2.09. The molecule has 0 heterocycles. The molecule has 1 aromatic carbocycles. The Balaban J connectivity index is 2.32. The lowest BCUT2D eigenvalue weighted by atomic mass is 10.1. The van der Waals surface area contributed by atoms with Crippen molar-refractivity contribution in [3.8, 4) is 0 Å². The molecule has 0 saturated heterocycles. The van der Waals surface area contributed by atoms with E-state index >= 15 is 0 Å². The number of carbonyl (C=O) groups excluding carboxylic acids is 2. The van der Waals surface area contributed by atoms with Crippen molar-refractivity contribution < 1.29 is 9.59 Å². The summed E-state index contributed by atoms with van der Waals surface area (Å²) in [6.45, 7) is 7.41. The van der Waals surface area contributed by atoms with Gasteiger partial charge in [0.25, 0.3) is 0 Å². The van der Waals surface area contributed by atoms with Crippen molar-refractivity contribution in [1.82, 2.24) is 5.32 Å². The average molecular weight is 291 g/mol. The molecule has 0 spiro atoms. The van der Waals surface area contributed by atoms with E-state index in [1.165, 1.54) is 6.92 Å². The quantitative estimate of drug-likeness (QED) is 0.645. The second kappa shape index (κ2) is 9.13. The van der Waals surface area contributed by atoms with E-state index in [9.17, 15) is 9.59 Å². The number of amides is 2. The third-order valence-corrected chi connectivity index (χ3v) is 2.89. The van der Waals surface area contributed by atoms with Crippen molar-refractivity contribution in [1.29, 1.82) is 0 Å². The molecule has 0 saturated carbocycles. The lowest BCUT2D eigenvalue weighted by Crippen LogP contribution is -2.23. The summed E-state index contributed by atoms with van der Waals surface area (Å²) < 4.78 is 0. The van der Waals surface area contributed by atoms with Crippen LogP contribution in [0.1, 0.15) is 33.6 Å². The molecule has 0 aliphatic carbocycles. The van der Waals surface area contributed by atoms with Gasteiger partial charge >= 0.3 is 0 Å². The predicted octanol–water partition coefficient (Wildman–Crippen LogP) is 2.61. The first kappa shape index (κ1) is 17.2. The molecule has 116 valence electrons. The maximum Gasteiger partial charge on any atom is 0.225 e. The molecule has 0 fully saturated rings. The number of hydrogen-bond donors (Lipinski definition) is 3. The summed E-state index contributed by atoms with van der Waals surface area (Å²) in [5.74, 6) is 0.502. The number of benzene rings is 1. The molecular formula is C16H25N3O2. The van der Waals surface area contributed by atoms with Crippen LogP contribution in [-0.2, 0) is 9.59 Å². The maximum absolute atomic E-state index is 11.8. The molecule has 5 nitrogen and oxygen atoms in total. The molecule has 3 N–H and O–H groups in total. The predicted molar refractivity (Wildman–Crippen MR) is 86.3 cm³/mol. The molecule has 5 heteroatoms. The molecule has 0 aliphatic rings. The Kier molecular flexibility index (Phi) is 7.46. The van der Waals surface area contributed by atoms with Crippen LogP contribution in [0.25, 0.3) is 0 Å². The topological polar surface area (TPSA) is 70.2 Å². The number of rotatable bonds is 8. The molecule has 1 rings (SSSR count). The summed E-state index contributed by atoms with van der Waals surface area (Å²) in [7, 11) is 0. The molecule has 0 bridgehead atoms. The zero-order valence-corrected chi connectivity index (χ0v) is 13.0. The molecule has 0 radical (unpaired) electrons. The average Bonchev–Trinajstić information content (AvgIpc) is 2.37. The maximum atomic E-state index is 11.8. The van der Waals surface area contributed by atoms with Gasteiger partial charge in [0.1, 0.15) is 0 Å². The Morgan fingerprint density at radius 3 is 2.38 bits per heavy atom. The molecule has 21 heavy (non-hydrogen) atoms. The van der Waals surface area contributed by atoms with Gasteiger partial charge in [0, 0.05) is 31.3 Å². The van der Waals surface area contributed by atoms with E-state index in [-0.39, 0.29) is 11.8 Å². The van der Waals surface area contributed by atoms with Gasteiger partial charge in [-0.05, 0) is 37.1 Å². The van der Waals surface area contributed by atoms with Gasteiger partial charge in [0.05, 0.1) is 0 Å². The molecule has 0 aromatic heterocycles. The molecule has 1 aromatic rings. The normalized spacial score (nSPS) is 10.5. The summed E-state index contributed by atoms with van der Waals surface area (Å²) in [5, 5.41) is 8.76. The number of nitrogens with one attached hydrogen (secondary N) is 3. The second-order valence-electron chi connectivity index (χ2n) is 5.49. The third-order valence-electron chi connectivity index (χ3n) is 2.89. The van der Waals surface area contributed by atoms with Crippen LogP contribution >= 0.6 is 0 Å². The first-order valence-electron chi connectivity index (χ1n) is 7.35. The Hall–Kier alpha value is -1.88. The number of hydrogen-bond acceptors (Lipinski definition) is 3. The van der Waals surface area contributed by atoms with Crippen LogP contribution < -0.4 is 16.0 Å². The minimum atomic E-state index is -0.132. The summed E-state index contributed by atoms with van der Waals surface area (Å²) in [5.41, 5.74) is 1.36. The molecule has 0 unspecified atom stereocenters. The smallest absolute Gasteiger partial charge is 0.225 e. The van der Waals surface area contributed by atoms with Crippen molar-refractivity contribution in [2.45, 2.75) is 33.6 Å². The van der Waals surface area contributed by atoms with Gasteiger partial charge in [-0.2, -0.15) is 0 Å². The first-order valence-corrected chi connectivity index (χ1v) is 7.35. The van der Waals surface area contributed by atoms with Crippen LogP contribution in [0.15, 0.2) is 24.3 Å². The number of carbonyl (C=O) groups is 2. The van der Waals surface area contributed by atoms with Crippen LogP contribution in [0, 0.1) is 5.92 Å². The van der Waals surface area contributed by atoms with Gasteiger partial charge in [-0.15, -0.1) is 0 Å². The Morgan fingerprint density at radius 1 is 1.10 bits per heavy atom. The van der Waals surface area contributed by atoms with Gasteiger partial charge in [-0.3, -0.25) is 9.59 Å². The summed E-state index contributed by atoms with van der Waals surface area (Å²) in [4.78, 5) is 22.8. The highest BCUT2D eigenvalue weighted by Gasteiger charge is 2.03. The van der Waals surface area contributed by atoms with Crippen LogP contribution in [0.4, 0.5) is 11.4 Å². The minimum Gasteiger partial charge on any atom is -0.326 e. The third kappa shape index (κ3) is 8.09. The first-order chi connectivity index (χ1) is 9.97. The van der Waals surface area contributed by atoms with E-state index < -0.39 is 0 Å². The van der Waals surface area contributed by atoms with Crippen LogP contribution in [0.5, 0.6) is 0 Å². The summed E-state index contributed by atoms with van der Waals surface area (Å²) >= 11 is 0. The highest BCUT2D eigenvalue weighted by Crippen LogP contribution is 2.15. The van der Waals surface area contributed by atoms with E-state index in [0.717, 1.165) is 13.0 Å². The Bertz CT molecular complexity index is 472. The monoisotopic (exact) mass is 291 g/mol. The second-order valence-corrected chi connectivity index (χ2v) is 5.49. The fraction of sp³-hybridized carbons (Fsp3) is 0.500. The lowest BCUT2D eigenvalue weighted by molar-refractivity contribution is -0.116. The van der Waals surface area contributed by atoms with Crippen molar-refractivity contribution in [3.05, 3.63) is 24.3 Å². The van der Waals surface area contributed by atoms with Crippen LogP contribution in [0.2, 0.25) is 0 Å². The van der Waals surface area contributed by atoms with Gasteiger partial charge in [0.15, 0.2) is 0 Å². The van der Waals surface area contributed by atoms with Gasteiger partial charge < -0.3 is 16.0 Å². The molecule has 2 amide bonds. The molecule has 0 atom stereocenters. The van der Waals surface area contributed by atoms with Crippen molar-refractivity contribution in [2.24, 2.45) is 5.92 Å². The highest BCUT2D eigenvalue weighted by atomic mass is 16.2. The standard InChI is InChI=1S/C16H25N3O2/c1-12(2)7-9-17-10-8-16(21)19-15-6-4-5-14(11-15)18-13(3)20/h4-6,11-12,17H,7-10H2,1-3H3,(H,18,20)(H,19,21). The van der Waals surface area contributed by atoms with Crippen molar-refractivity contribution in [2.75, 3.05) is 23.7 Å². The van der Waals surface area contributed by atoms with Gasteiger partial charge in [-0.1, -0.05) is 19.9 Å². The van der Waals surface area contributed by atoms with Gasteiger partial charge in [-0.25, -0.2) is 0 Å². The Morgan fingerprint density at radius 2 is 1.76 bits per heavy atom. The van der Waals surface area contributed by atoms with E-state index in [2.05, 4.69) is 29.8 Å². The fourth-order valence-electron chi connectivity index (χ4n) is 1.82. The van der Waals surface area contributed by atoms with Crippen LogP contribution in [-0.4, -0.2) is 24.9 Å². The Labute approximate surface area is 126 Å².